The first-order valence-corrected chi connectivity index (χ1v) is 10.8. The Hall–Kier alpha value is -2.94. The van der Waals surface area contributed by atoms with Crippen molar-refractivity contribution < 1.29 is 27.4 Å². The maximum atomic E-state index is 12.7. The highest BCUT2D eigenvalue weighted by atomic mass is 32.2. The molecule has 158 valence electrons. The van der Waals surface area contributed by atoms with E-state index in [0.29, 0.717) is 35.0 Å². The van der Waals surface area contributed by atoms with Gasteiger partial charge in [-0.15, -0.1) is 0 Å². The number of hydrogen-bond donors (Lipinski definition) is 1. The summed E-state index contributed by atoms with van der Waals surface area (Å²) in [6.07, 6.45) is 0.814. The van der Waals surface area contributed by atoms with Crippen LogP contribution in [0.4, 0.5) is 11.4 Å². The van der Waals surface area contributed by atoms with E-state index in [-0.39, 0.29) is 5.91 Å². The molecule has 0 aliphatic rings. The molecule has 0 saturated heterocycles. The van der Waals surface area contributed by atoms with Crippen molar-refractivity contribution in [2.24, 2.45) is 0 Å². The van der Waals surface area contributed by atoms with Crippen molar-refractivity contribution in [2.75, 3.05) is 37.1 Å². The molecule has 2 aromatic carbocycles. The van der Waals surface area contributed by atoms with Gasteiger partial charge in [0.05, 0.1) is 31.9 Å². The van der Waals surface area contributed by atoms with E-state index in [4.69, 9.17) is 14.2 Å². The van der Waals surface area contributed by atoms with E-state index in [2.05, 4.69) is 5.32 Å². The van der Waals surface area contributed by atoms with Crippen LogP contribution >= 0.6 is 0 Å². The van der Waals surface area contributed by atoms with Gasteiger partial charge in [0.1, 0.15) is 17.2 Å². The van der Waals surface area contributed by atoms with Crippen LogP contribution in [0.3, 0.4) is 0 Å². The number of rotatable bonds is 9. The first-order valence-electron chi connectivity index (χ1n) is 8.93. The number of methoxy groups -OCH3 is 2. The van der Waals surface area contributed by atoms with Gasteiger partial charge >= 0.3 is 0 Å². The zero-order chi connectivity index (χ0) is 21.6. The van der Waals surface area contributed by atoms with Gasteiger partial charge in [-0.2, -0.15) is 0 Å². The molecule has 0 saturated carbocycles. The molecule has 0 spiro atoms. The average molecular weight is 423 g/mol. The summed E-state index contributed by atoms with van der Waals surface area (Å²) in [5.74, 6) is 1.20. The summed E-state index contributed by atoms with van der Waals surface area (Å²) in [7, 11) is 1.17. The summed E-state index contributed by atoms with van der Waals surface area (Å²) in [6, 6.07) is 11.6. The smallest absolute Gasteiger partial charge is 0.265 e. The maximum absolute atomic E-state index is 12.7. The van der Waals surface area contributed by atoms with Gasteiger partial charge in [0.15, 0.2) is 6.10 Å². The lowest BCUT2D eigenvalue weighted by Crippen LogP contribution is -2.32. The molecule has 2 aromatic rings. The third-order valence-electron chi connectivity index (χ3n) is 4.30. The second kappa shape index (κ2) is 9.51. The number of carbonyl (C=O) groups is 1. The zero-order valence-corrected chi connectivity index (χ0v) is 17.9. The highest BCUT2D eigenvalue weighted by Crippen LogP contribution is 2.29. The predicted molar refractivity (Wildman–Crippen MR) is 113 cm³/mol. The van der Waals surface area contributed by atoms with Gasteiger partial charge in [0, 0.05) is 13.1 Å². The van der Waals surface area contributed by atoms with E-state index in [1.54, 1.807) is 42.5 Å². The van der Waals surface area contributed by atoms with Crippen molar-refractivity contribution in [1.82, 2.24) is 0 Å². The zero-order valence-electron chi connectivity index (χ0n) is 17.1. The number of hydrogen-bond acceptors (Lipinski definition) is 6. The molecule has 0 bridgehead atoms. The molecule has 1 amide bonds. The van der Waals surface area contributed by atoms with Gasteiger partial charge < -0.3 is 19.5 Å². The lowest BCUT2D eigenvalue weighted by Gasteiger charge is -2.20. The summed E-state index contributed by atoms with van der Waals surface area (Å²) < 4.78 is 40.7. The SMILES string of the molecule is CC[C@@H](Oc1ccc(N(C)S(C)(=O)=O)cc1)C(=O)Nc1cc(OC)ccc1OC. The highest BCUT2D eigenvalue weighted by Gasteiger charge is 2.21. The quantitative estimate of drug-likeness (QED) is 0.668. The van der Waals surface area contributed by atoms with Crippen LogP contribution in [0.5, 0.6) is 17.2 Å². The molecule has 9 heteroatoms. The summed E-state index contributed by atoms with van der Waals surface area (Å²) in [6.45, 7) is 1.83. The predicted octanol–water partition coefficient (Wildman–Crippen LogP) is 2.90. The molecule has 0 fully saturated rings. The fraction of sp³-hybridized carbons (Fsp3) is 0.350. The molecule has 0 aliphatic heterocycles. The monoisotopic (exact) mass is 422 g/mol. The molecule has 29 heavy (non-hydrogen) atoms. The van der Waals surface area contributed by atoms with Crippen LogP contribution in [0.25, 0.3) is 0 Å². The van der Waals surface area contributed by atoms with Gasteiger partial charge in [-0.25, -0.2) is 8.42 Å². The highest BCUT2D eigenvalue weighted by molar-refractivity contribution is 7.92. The Morgan fingerprint density at radius 2 is 1.69 bits per heavy atom. The van der Waals surface area contributed by atoms with Crippen LogP contribution in [0.15, 0.2) is 42.5 Å². The molecule has 0 aliphatic carbocycles. The van der Waals surface area contributed by atoms with Gasteiger partial charge in [0.2, 0.25) is 10.0 Å². The van der Waals surface area contributed by atoms with Crippen LogP contribution in [0.2, 0.25) is 0 Å². The molecule has 0 radical (unpaired) electrons. The lowest BCUT2D eigenvalue weighted by atomic mass is 10.2. The van der Waals surface area contributed by atoms with Crippen LogP contribution in [-0.4, -0.2) is 48.0 Å². The maximum Gasteiger partial charge on any atom is 0.265 e. The van der Waals surface area contributed by atoms with Crippen molar-refractivity contribution in [2.45, 2.75) is 19.4 Å². The fourth-order valence-corrected chi connectivity index (χ4v) is 3.04. The molecule has 0 unspecified atom stereocenters. The van der Waals surface area contributed by atoms with E-state index in [1.165, 1.54) is 21.3 Å². The fourth-order valence-electron chi connectivity index (χ4n) is 2.54. The Bertz CT molecular complexity index is 944. The van der Waals surface area contributed by atoms with Crippen LogP contribution in [-0.2, 0) is 14.8 Å². The van der Waals surface area contributed by atoms with Crippen molar-refractivity contribution in [3.8, 4) is 17.2 Å². The first-order chi connectivity index (χ1) is 13.7. The minimum atomic E-state index is -3.35. The van der Waals surface area contributed by atoms with Crippen LogP contribution < -0.4 is 23.8 Å². The average Bonchev–Trinajstić information content (AvgIpc) is 2.71. The molecular formula is C20H26N2O6S. The number of sulfonamides is 1. The van der Waals surface area contributed by atoms with Crippen molar-refractivity contribution in [3.63, 3.8) is 0 Å². The van der Waals surface area contributed by atoms with Crippen LogP contribution in [0.1, 0.15) is 13.3 Å². The van der Waals surface area contributed by atoms with Crippen molar-refractivity contribution in [1.29, 1.82) is 0 Å². The summed E-state index contributed by atoms with van der Waals surface area (Å²) in [5.41, 5.74) is 0.975. The Morgan fingerprint density at radius 3 is 2.21 bits per heavy atom. The second-order valence-electron chi connectivity index (χ2n) is 6.29. The van der Waals surface area contributed by atoms with Gasteiger partial charge in [0.25, 0.3) is 5.91 Å². The largest absolute Gasteiger partial charge is 0.497 e. The Balaban J connectivity index is 2.13. The van der Waals surface area contributed by atoms with E-state index < -0.39 is 16.1 Å². The first kappa shape index (κ1) is 22.4. The summed E-state index contributed by atoms with van der Waals surface area (Å²) in [5, 5.41) is 2.80. The number of anilines is 2. The Labute approximate surface area is 171 Å². The normalized spacial score (nSPS) is 12.0. The van der Waals surface area contributed by atoms with Crippen molar-refractivity contribution in [3.05, 3.63) is 42.5 Å². The van der Waals surface area contributed by atoms with E-state index in [0.717, 1.165) is 10.6 Å². The summed E-state index contributed by atoms with van der Waals surface area (Å²) >= 11 is 0. The number of ether oxygens (including phenoxy) is 3. The standard InChI is InChI=1S/C20H26N2O6S/c1-6-18(20(23)21-17-13-16(26-3)11-12-19(17)27-4)28-15-9-7-14(8-10-15)22(2)29(5,24)25/h7-13,18H,6H2,1-5H3,(H,21,23)/t18-/m1/s1. The summed E-state index contributed by atoms with van der Waals surface area (Å²) in [4.78, 5) is 12.7. The number of benzene rings is 2. The van der Waals surface area contributed by atoms with E-state index in [9.17, 15) is 13.2 Å². The molecule has 0 heterocycles. The lowest BCUT2D eigenvalue weighted by molar-refractivity contribution is -0.122. The number of carbonyl (C=O) groups excluding carboxylic acids is 1. The Kier molecular flexibility index (Phi) is 7.33. The van der Waals surface area contributed by atoms with E-state index in [1.807, 2.05) is 6.92 Å². The molecule has 1 N–H and O–H groups in total. The third kappa shape index (κ3) is 5.77. The minimum Gasteiger partial charge on any atom is -0.497 e. The topological polar surface area (TPSA) is 94.2 Å². The van der Waals surface area contributed by atoms with Gasteiger partial charge in [-0.3, -0.25) is 9.10 Å². The molecule has 8 nitrogen and oxygen atoms in total. The third-order valence-corrected chi connectivity index (χ3v) is 5.51. The molecule has 1 atom stereocenters. The number of amides is 1. The molecule has 0 aromatic heterocycles. The van der Waals surface area contributed by atoms with E-state index >= 15 is 0 Å². The Morgan fingerprint density at radius 1 is 1.07 bits per heavy atom. The van der Waals surface area contributed by atoms with Crippen molar-refractivity contribution >= 4 is 27.3 Å². The molecule has 2 rings (SSSR count). The minimum absolute atomic E-state index is 0.337. The number of nitrogens with one attached hydrogen (secondary N) is 1. The molecular weight excluding hydrogens is 396 g/mol. The number of nitrogens with zero attached hydrogens (tertiary/aromatic N) is 1. The van der Waals surface area contributed by atoms with Gasteiger partial charge in [-0.1, -0.05) is 6.92 Å². The second-order valence-corrected chi connectivity index (χ2v) is 8.31. The van der Waals surface area contributed by atoms with Gasteiger partial charge in [-0.05, 0) is 42.8 Å². The van der Waals surface area contributed by atoms with Crippen LogP contribution in [0, 0.1) is 0 Å².